The summed E-state index contributed by atoms with van der Waals surface area (Å²) in [5.74, 6) is 6.29. The topological polar surface area (TPSA) is 50.2 Å². The summed E-state index contributed by atoms with van der Waals surface area (Å²) in [5, 5.41) is 4.15. The lowest BCUT2D eigenvalue weighted by Crippen LogP contribution is -2.51. The van der Waals surface area contributed by atoms with Gasteiger partial charge < -0.3 is 27.3 Å². The van der Waals surface area contributed by atoms with Gasteiger partial charge in [0, 0.05) is 54.7 Å². The summed E-state index contributed by atoms with van der Waals surface area (Å²) in [4.78, 5) is 12.9. The van der Waals surface area contributed by atoms with Crippen LogP contribution in [0, 0.1) is 25.7 Å². The summed E-state index contributed by atoms with van der Waals surface area (Å²) in [7, 11) is 0. The molecule has 0 saturated carbocycles. The minimum absolute atomic E-state index is 0.354. The molecular weight excluding hydrogens is 471 g/mol. The second-order valence-electron chi connectivity index (χ2n) is 9.97. The van der Waals surface area contributed by atoms with Gasteiger partial charge in [0.15, 0.2) is 5.70 Å². The van der Waals surface area contributed by atoms with Crippen molar-refractivity contribution in [3.63, 3.8) is 0 Å². The summed E-state index contributed by atoms with van der Waals surface area (Å²) in [6.45, 7) is 4.55. The number of fused-ring (bicyclic) bond motifs is 4. The van der Waals surface area contributed by atoms with Gasteiger partial charge in [0.2, 0.25) is 0 Å². The van der Waals surface area contributed by atoms with E-state index in [0.29, 0.717) is 46.1 Å². The Morgan fingerprint density at radius 1 is 1.14 bits per heavy atom. The van der Waals surface area contributed by atoms with E-state index >= 15 is 8.63 Å². The quantitative estimate of drug-likeness (QED) is 0.303. The molecule has 3 aliphatic heterocycles. The Kier molecular flexibility index (Phi) is 5.25. The van der Waals surface area contributed by atoms with Gasteiger partial charge in [-0.25, -0.2) is 4.79 Å². The Hall–Kier alpha value is -3.96. The van der Waals surface area contributed by atoms with Gasteiger partial charge in [0.1, 0.15) is 11.3 Å². The Labute approximate surface area is 213 Å². The van der Waals surface area contributed by atoms with Crippen molar-refractivity contribution in [2.45, 2.75) is 40.7 Å². The van der Waals surface area contributed by atoms with Crippen LogP contribution in [0.2, 0.25) is 0 Å². The predicted octanol–water partition coefficient (Wildman–Crippen LogP) is 5.15. The van der Waals surface area contributed by atoms with Crippen molar-refractivity contribution in [2.24, 2.45) is 0 Å². The van der Waals surface area contributed by atoms with Gasteiger partial charge in [-0.1, -0.05) is 11.8 Å². The second kappa shape index (κ2) is 8.29. The monoisotopic (exact) mass is 497 g/mol. The van der Waals surface area contributed by atoms with Crippen LogP contribution in [0.1, 0.15) is 53.9 Å². The van der Waals surface area contributed by atoms with E-state index in [1.54, 1.807) is 44.2 Å². The number of hydrogen-bond donors (Lipinski definition) is 1. The molecule has 5 nitrogen and oxygen atoms in total. The van der Waals surface area contributed by atoms with Gasteiger partial charge >= 0.3 is 12.6 Å². The molecule has 2 aromatic heterocycles. The number of nitrogens with one attached hydrogen (secondary N) is 1. The van der Waals surface area contributed by atoms with Crippen molar-refractivity contribution in [3.8, 4) is 11.8 Å². The lowest BCUT2D eigenvalue weighted by Gasteiger charge is -2.33. The highest BCUT2D eigenvalue weighted by Gasteiger charge is 2.54. The highest BCUT2D eigenvalue weighted by molar-refractivity contribution is 6.58. The zero-order valence-electron chi connectivity index (χ0n) is 21.2. The van der Waals surface area contributed by atoms with E-state index in [0.717, 1.165) is 49.6 Å². The van der Waals surface area contributed by atoms with Crippen LogP contribution in [0.4, 0.5) is 8.63 Å². The van der Waals surface area contributed by atoms with Crippen molar-refractivity contribution < 1.29 is 17.5 Å². The maximum atomic E-state index is 15.8. The van der Waals surface area contributed by atoms with Crippen molar-refractivity contribution >= 4 is 35.3 Å². The Morgan fingerprint density at radius 2 is 1.95 bits per heavy atom. The second-order valence-corrected chi connectivity index (χ2v) is 9.97. The molecule has 186 valence electrons. The minimum Gasteiger partial charge on any atom is -0.422 e. The average molecular weight is 497 g/mol. The first kappa shape index (κ1) is 23.4. The first-order valence-corrected chi connectivity index (χ1v) is 12.4. The van der Waals surface area contributed by atoms with Gasteiger partial charge in [0.25, 0.3) is 0 Å². The highest BCUT2D eigenvalue weighted by Crippen LogP contribution is 2.42. The van der Waals surface area contributed by atoms with Crippen molar-refractivity contribution in [1.29, 1.82) is 0 Å². The van der Waals surface area contributed by atoms with Crippen molar-refractivity contribution in [2.75, 3.05) is 6.54 Å². The van der Waals surface area contributed by atoms with Gasteiger partial charge in [-0.05, 0) is 74.0 Å². The van der Waals surface area contributed by atoms with Crippen LogP contribution >= 0.6 is 0 Å². The molecule has 5 heterocycles. The van der Waals surface area contributed by atoms with Crippen molar-refractivity contribution in [1.82, 2.24) is 9.79 Å². The zero-order chi connectivity index (χ0) is 26.1. The van der Waals surface area contributed by atoms with E-state index in [9.17, 15) is 4.79 Å². The first-order chi connectivity index (χ1) is 17.7. The summed E-state index contributed by atoms with van der Waals surface area (Å²) in [6.07, 6.45) is 5.98. The van der Waals surface area contributed by atoms with Crippen LogP contribution in [0.5, 0.6) is 0 Å². The van der Waals surface area contributed by atoms with Crippen LogP contribution in [0.15, 0.2) is 56.9 Å². The Morgan fingerprint density at radius 3 is 2.76 bits per heavy atom. The smallest absolute Gasteiger partial charge is 0.422 e. The van der Waals surface area contributed by atoms with E-state index in [1.807, 2.05) is 26.0 Å². The maximum Gasteiger partial charge on any atom is 0.737 e. The summed E-state index contributed by atoms with van der Waals surface area (Å²) in [6, 6.07) is 7.38. The molecular formula is C29H26BF2N3O2. The van der Waals surface area contributed by atoms with Crippen LogP contribution in [0.3, 0.4) is 0 Å². The number of aromatic nitrogens is 1. The molecule has 8 heteroatoms. The van der Waals surface area contributed by atoms with Crippen LogP contribution in [-0.4, -0.2) is 28.2 Å². The van der Waals surface area contributed by atoms with Crippen LogP contribution in [0.25, 0.3) is 22.6 Å². The standard InChI is InChI=1S/C29H26BF2N3O2/c1-17-11-19(3)34-27(17)25(28-18(2)12-20(4)35(28)30(34,31)32)9-8-22-13-23-14-24-16-33-10-6-5-7-21(24)15-26(23)37-29(22)36/h8-9,11-15,33H,6,10,16H2,1-4H3/b9-8+. The highest BCUT2D eigenvalue weighted by atomic mass is 19.2. The van der Waals surface area contributed by atoms with E-state index in [2.05, 4.69) is 17.2 Å². The molecule has 1 aromatic carbocycles. The molecule has 0 spiro atoms. The number of nitrogens with zero attached hydrogens (tertiary/aromatic N) is 2. The van der Waals surface area contributed by atoms with Gasteiger partial charge in [-0.3, -0.25) is 0 Å². The van der Waals surface area contributed by atoms with Crippen molar-refractivity contribution in [3.05, 3.63) is 91.7 Å². The number of aryl methyl sites for hydroxylation is 2. The molecule has 1 N–H and O–H groups in total. The normalized spacial score (nSPS) is 18.3. The molecule has 0 aliphatic carbocycles. The third-order valence-corrected chi connectivity index (χ3v) is 7.35. The summed E-state index contributed by atoms with van der Waals surface area (Å²) in [5.41, 5.74) is 6.37. The maximum absolute atomic E-state index is 15.8. The van der Waals surface area contributed by atoms with E-state index in [1.165, 1.54) is 0 Å². The number of benzene rings is 1. The minimum atomic E-state index is -4.04. The van der Waals surface area contributed by atoms with Gasteiger partial charge in [-0.15, -0.1) is 0 Å². The third kappa shape index (κ3) is 3.57. The zero-order valence-corrected chi connectivity index (χ0v) is 21.2. The summed E-state index contributed by atoms with van der Waals surface area (Å²) < 4.78 is 39.5. The van der Waals surface area contributed by atoms with Gasteiger partial charge in [0.05, 0.1) is 11.1 Å². The van der Waals surface area contributed by atoms with E-state index < -0.39 is 12.6 Å². The molecule has 0 fully saturated rings. The number of allylic oxidation sites excluding steroid dienone is 4. The van der Waals surface area contributed by atoms with Crippen LogP contribution in [-0.2, 0) is 6.54 Å². The first-order valence-electron chi connectivity index (χ1n) is 12.4. The molecule has 6 rings (SSSR count). The fraction of sp³-hybridized carbons (Fsp3) is 0.241. The molecule has 0 unspecified atom stereocenters. The number of rotatable bonds is 2. The van der Waals surface area contributed by atoms with Gasteiger partial charge in [-0.2, -0.15) is 0 Å². The third-order valence-electron chi connectivity index (χ3n) is 7.35. The van der Waals surface area contributed by atoms with Crippen LogP contribution < -0.4 is 10.9 Å². The Bertz CT molecular complexity index is 1770. The summed E-state index contributed by atoms with van der Waals surface area (Å²) >= 11 is 0. The number of halogens is 2. The lowest BCUT2D eigenvalue weighted by atomic mass is 9.86. The molecule has 0 atom stereocenters. The average Bonchev–Trinajstić information content (AvgIpc) is 3.29. The van der Waals surface area contributed by atoms with E-state index in [4.69, 9.17) is 4.42 Å². The molecule has 0 saturated heterocycles. The molecule has 3 aromatic rings. The Balaban J connectivity index is 1.52. The lowest BCUT2D eigenvalue weighted by molar-refractivity contribution is -0.363. The fourth-order valence-corrected chi connectivity index (χ4v) is 5.82. The predicted molar refractivity (Wildman–Crippen MR) is 144 cm³/mol. The fourth-order valence-electron chi connectivity index (χ4n) is 5.82. The molecule has 0 bridgehead atoms. The van der Waals surface area contributed by atoms with E-state index in [-0.39, 0.29) is 0 Å². The molecule has 3 aliphatic rings. The molecule has 0 radical (unpaired) electrons. The molecule has 0 amide bonds. The molecule has 37 heavy (non-hydrogen) atoms. The SMILES string of the molecule is CC1=CC(C)=[N+]2C1=C(/C=C/c1cc3cc4c(cc3oc1=O)C#CCCNC4)c1c(C)cc(C)n1[B-]2(F)F. The number of hydrogen-bond acceptors (Lipinski definition) is 3. The largest absolute Gasteiger partial charge is 0.737 e.